The Bertz CT molecular complexity index is 624. The summed E-state index contributed by atoms with van der Waals surface area (Å²) in [5, 5.41) is 15.9. The van der Waals surface area contributed by atoms with Crippen molar-refractivity contribution in [3.63, 3.8) is 0 Å². The Morgan fingerprint density at radius 3 is 2.80 bits per heavy atom. The van der Waals surface area contributed by atoms with E-state index in [4.69, 9.17) is 5.11 Å². The van der Waals surface area contributed by atoms with Crippen molar-refractivity contribution < 1.29 is 14.7 Å². The third-order valence-corrected chi connectivity index (χ3v) is 3.19. The maximum atomic E-state index is 11.6. The number of aromatic nitrogens is 2. The van der Waals surface area contributed by atoms with Gasteiger partial charge in [-0.1, -0.05) is 0 Å². The van der Waals surface area contributed by atoms with Gasteiger partial charge >= 0.3 is 12.0 Å². The lowest BCUT2D eigenvalue weighted by molar-refractivity contribution is 0.0691. The zero-order chi connectivity index (χ0) is 14.5. The molecule has 0 fully saturated rings. The normalized spacial score (nSPS) is 10.1. The number of carboxylic acid groups (broad SMARTS) is 1. The van der Waals surface area contributed by atoms with Crippen molar-refractivity contribution in [2.45, 2.75) is 13.5 Å². The van der Waals surface area contributed by atoms with Crippen LogP contribution in [0.1, 0.15) is 21.2 Å². The molecule has 0 atom stereocenters. The summed E-state index contributed by atoms with van der Waals surface area (Å²) in [4.78, 5) is 30.2. The fourth-order valence-corrected chi connectivity index (χ4v) is 2.07. The number of nitrogens with one attached hydrogen (secondary N) is 2. The summed E-state index contributed by atoms with van der Waals surface area (Å²) in [6, 6.07) is 3.13. The number of carboxylic acids is 1. The van der Waals surface area contributed by atoms with Crippen LogP contribution in [0.5, 0.6) is 0 Å². The zero-order valence-corrected chi connectivity index (χ0v) is 11.4. The largest absolute Gasteiger partial charge is 0.476 e. The Labute approximate surface area is 118 Å². The number of rotatable bonds is 4. The van der Waals surface area contributed by atoms with Gasteiger partial charge in [0.05, 0.1) is 18.4 Å². The van der Waals surface area contributed by atoms with E-state index in [1.165, 1.54) is 16.7 Å². The first-order valence-corrected chi connectivity index (χ1v) is 6.58. The summed E-state index contributed by atoms with van der Waals surface area (Å²) in [5.74, 6) is -1.08. The molecule has 0 unspecified atom stereocenters. The molecule has 0 aliphatic rings. The van der Waals surface area contributed by atoms with E-state index in [-0.39, 0.29) is 12.2 Å². The average molecular weight is 292 g/mol. The van der Waals surface area contributed by atoms with Gasteiger partial charge in [-0.15, -0.1) is 11.3 Å². The number of thiazole rings is 1. The number of hydrogen-bond donors (Lipinski definition) is 3. The van der Waals surface area contributed by atoms with Gasteiger partial charge in [-0.2, -0.15) is 0 Å². The first-order valence-electron chi connectivity index (χ1n) is 5.70. The standard InChI is InChI=1S/C12H12N4O3S/c1-7-2-3-8(4-13-7)15-12(19)14-5-10-16-9(6-20-10)11(17)18/h2-4,6H,5H2,1H3,(H,17,18)(H2,14,15,19). The minimum atomic E-state index is -1.08. The quantitative estimate of drug-likeness (QED) is 0.798. The highest BCUT2D eigenvalue weighted by Crippen LogP contribution is 2.09. The topological polar surface area (TPSA) is 104 Å². The van der Waals surface area contributed by atoms with Gasteiger partial charge in [0.2, 0.25) is 0 Å². The molecule has 2 aromatic rings. The fourth-order valence-electron chi connectivity index (χ4n) is 1.36. The average Bonchev–Trinajstić information content (AvgIpc) is 2.88. The summed E-state index contributed by atoms with van der Waals surface area (Å²) in [6.45, 7) is 2.02. The summed E-state index contributed by atoms with van der Waals surface area (Å²) < 4.78 is 0. The predicted molar refractivity (Wildman–Crippen MR) is 73.9 cm³/mol. The van der Waals surface area contributed by atoms with Crippen molar-refractivity contribution in [3.05, 3.63) is 40.1 Å². The molecular formula is C12H12N4O3S. The number of hydrogen-bond acceptors (Lipinski definition) is 5. The summed E-state index contributed by atoms with van der Waals surface area (Å²) in [5.41, 5.74) is 1.42. The number of nitrogens with zero attached hydrogens (tertiary/aromatic N) is 2. The second-order valence-corrected chi connectivity index (χ2v) is 4.87. The number of carbonyl (C=O) groups excluding carboxylic acids is 1. The third-order valence-electron chi connectivity index (χ3n) is 2.34. The molecule has 8 heteroatoms. The monoisotopic (exact) mass is 292 g/mol. The van der Waals surface area contributed by atoms with Gasteiger partial charge in [0.25, 0.3) is 0 Å². The zero-order valence-electron chi connectivity index (χ0n) is 10.6. The van der Waals surface area contributed by atoms with Gasteiger partial charge in [0, 0.05) is 11.1 Å². The Balaban J connectivity index is 1.85. The molecule has 0 radical (unpaired) electrons. The number of urea groups is 1. The molecular weight excluding hydrogens is 280 g/mol. The Morgan fingerprint density at radius 2 is 2.20 bits per heavy atom. The van der Waals surface area contributed by atoms with Crippen molar-refractivity contribution >= 4 is 29.0 Å². The molecule has 0 saturated carbocycles. The van der Waals surface area contributed by atoms with E-state index in [1.54, 1.807) is 18.3 Å². The second kappa shape index (κ2) is 6.11. The smallest absolute Gasteiger partial charge is 0.355 e. The Hall–Kier alpha value is -2.48. The molecule has 2 amide bonds. The molecule has 3 N–H and O–H groups in total. The first-order chi connectivity index (χ1) is 9.54. The summed E-state index contributed by atoms with van der Waals surface area (Å²) >= 11 is 1.18. The molecule has 0 spiro atoms. The van der Waals surface area contributed by atoms with Crippen LogP contribution < -0.4 is 10.6 Å². The molecule has 2 aromatic heterocycles. The van der Waals surface area contributed by atoms with Crippen molar-refractivity contribution in [2.24, 2.45) is 0 Å². The van der Waals surface area contributed by atoms with Gasteiger partial charge in [0.15, 0.2) is 5.69 Å². The van der Waals surface area contributed by atoms with Gasteiger partial charge < -0.3 is 15.7 Å². The Morgan fingerprint density at radius 1 is 1.40 bits per heavy atom. The number of aromatic carboxylic acids is 1. The molecule has 2 rings (SSSR count). The number of amides is 2. The van der Waals surface area contributed by atoms with Crippen molar-refractivity contribution in [1.29, 1.82) is 0 Å². The van der Waals surface area contributed by atoms with E-state index in [9.17, 15) is 9.59 Å². The Kier molecular flexibility index (Phi) is 4.26. The number of pyridine rings is 1. The van der Waals surface area contributed by atoms with Crippen LogP contribution in [-0.4, -0.2) is 27.1 Å². The maximum absolute atomic E-state index is 11.6. The molecule has 7 nitrogen and oxygen atoms in total. The molecule has 0 aliphatic carbocycles. The molecule has 20 heavy (non-hydrogen) atoms. The van der Waals surface area contributed by atoms with Gasteiger partial charge in [-0.25, -0.2) is 14.6 Å². The van der Waals surface area contributed by atoms with Crippen LogP contribution in [0.25, 0.3) is 0 Å². The number of aryl methyl sites for hydroxylation is 1. The van der Waals surface area contributed by atoms with Gasteiger partial charge in [-0.3, -0.25) is 4.98 Å². The lowest BCUT2D eigenvalue weighted by atomic mass is 10.3. The van der Waals surface area contributed by atoms with E-state index >= 15 is 0 Å². The summed E-state index contributed by atoms with van der Waals surface area (Å²) in [7, 11) is 0. The maximum Gasteiger partial charge on any atom is 0.355 e. The molecule has 0 aliphatic heterocycles. The number of anilines is 1. The van der Waals surface area contributed by atoms with E-state index in [2.05, 4.69) is 20.6 Å². The number of carbonyl (C=O) groups is 2. The third kappa shape index (κ3) is 3.75. The second-order valence-electron chi connectivity index (χ2n) is 3.93. The fraction of sp³-hybridized carbons (Fsp3) is 0.167. The lowest BCUT2D eigenvalue weighted by Crippen LogP contribution is -2.28. The summed E-state index contributed by atoms with van der Waals surface area (Å²) in [6.07, 6.45) is 1.56. The van der Waals surface area contributed by atoms with Crippen molar-refractivity contribution in [1.82, 2.24) is 15.3 Å². The van der Waals surface area contributed by atoms with Crippen molar-refractivity contribution in [3.8, 4) is 0 Å². The van der Waals surface area contributed by atoms with E-state index < -0.39 is 12.0 Å². The van der Waals surface area contributed by atoms with Crippen molar-refractivity contribution in [2.75, 3.05) is 5.32 Å². The van der Waals surface area contributed by atoms with Crippen LogP contribution in [-0.2, 0) is 6.54 Å². The predicted octanol–water partition coefficient (Wildman–Crippen LogP) is 1.87. The van der Waals surface area contributed by atoms with E-state index in [1.807, 2.05) is 6.92 Å². The van der Waals surface area contributed by atoms with E-state index in [0.717, 1.165) is 5.69 Å². The lowest BCUT2D eigenvalue weighted by Gasteiger charge is -2.05. The van der Waals surface area contributed by atoms with Crippen LogP contribution in [0, 0.1) is 6.92 Å². The van der Waals surface area contributed by atoms with Crippen LogP contribution in [0.15, 0.2) is 23.7 Å². The minimum absolute atomic E-state index is 0.0186. The first kappa shape index (κ1) is 13.9. The van der Waals surface area contributed by atoms with Gasteiger partial charge in [0.1, 0.15) is 5.01 Å². The molecule has 2 heterocycles. The highest BCUT2D eigenvalue weighted by atomic mass is 32.1. The highest BCUT2D eigenvalue weighted by Gasteiger charge is 2.09. The van der Waals surface area contributed by atoms with Gasteiger partial charge in [-0.05, 0) is 19.1 Å². The van der Waals surface area contributed by atoms with Crippen LogP contribution in [0.4, 0.5) is 10.5 Å². The highest BCUT2D eigenvalue weighted by molar-refractivity contribution is 7.09. The molecule has 104 valence electrons. The van der Waals surface area contributed by atoms with E-state index in [0.29, 0.717) is 10.7 Å². The molecule has 0 saturated heterocycles. The van der Waals surface area contributed by atoms with Crippen LogP contribution >= 0.6 is 11.3 Å². The SMILES string of the molecule is Cc1ccc(NC(=O)NCc2nc(C(=O)O)cs2)cn1. The molecule has 0 bridgehead atoms. The van der Waals surface area contributed by atoms with Crippen LogP contribution in [0.2, 0.25) is 0 Å². The van der Waals surface area contributed by atoms with Crippen LogP contribution in [0.3, 0.4) is 0 Å². The minimum Gasteiger partial charge on any atom is -0.476 e. The molecule has 0 aromatic carbocycles.